The molecule has 3 rings (SSSR count). The highest BCUT2D eigenvalue weighted by molar-refractivity contribution is 7.13. The molecule has 0 saturated carbocycles. The van der Waals surface area contributed by atoms with Crippen LogP contribution in [0.25, 0.3) is 0 Å². The van der Waals surface area contributed by atoms with Crippen molar-refractivity contribution in [1.82, 2.24) is 15.1 Å². The minimum absolute atomic E-state index is 0.325. The minimum atomic E-state index is -1.41. The predicted octanol–water partition coefficient (Wildman–Crippen LogP) is 3.03. The van der Waals surface area contributed by atoms with Gasteiger partial charge in [0.1, 0.15) is 5.51 Å². The van der Waals surface area contributed by atoms with Crippen LogP contribution in [-0.2, 0) is 6.54 Å². The summed E-state index contributed by atoms with van der Waals surface area (Å²) in [5.74, 6) is -3.69. The average molecular weight is 328 g/mol. The Hall–Kier alpha value is -1.67. The number of nitrogens with one attached hydrogen (secondary N) is 1. The van der Waals surface area contributed by atoms with Gasteiger partial charge in [0, 0.05) is 25.7 Å². The summed E-state index contributed by atoms with van der Waals surface area (Å²) < 4.78 is 39.4. The molecular formula is C14H15F3N4S. The molecule has 2 aromatic rings. The monoisotopic (exact) mass is 328 g/mol. The molecular weight excluding hydrogens is 313 g/mol. The van der Waals surface area contributed by atoms with Gasteiger partial charge in [0.15, 0.2) is 17.5 Å². The number of anilines is 1. The fourth-order valence-corrected chi connectivity index (χ4v) is 3.13. The van der Waals surface area contributed by atoms with E-state index in [2.05, 4.69) is 20.4 Å². The van der Waals surface area contributed by atoms with Gasteiger partial charge in [-0.15, -0.1) is 10.2 Å². The van der Waals surface area contributed by atoms with Gasteiger partial charge in [-0.25, -0.2) is 13.2 Å². The second-order valence-corrected chi connectivity index (χ2v) is 6.15. The highest BCUT2D eigenvalue weighted by Gasteiger charge is 2.20. The minimum Gasteiger partial charge on any atom is -0.357 e. The van der Waals surface area contributed by atoms with Crippen LogP contribution in [0, 0.1) is 17.5 Å². The summed E-state index contributed by atoms with van der Waals surface area (Å²) in [5, 5.41) is 11.9. The maximum Gasteiger partial charge on any atom is 0.205 e. The Labute approximate surface area is 130 Å². The number of hydrogen-bond acceptors (Lipinski definition) is 5. The molecule has 118 valence electrons. The van der Waals surface area contributed by atoms with Crippen molar-refractivity contribution >= 4 is 16.5 Å². The lowest BCUT2D eigenvalue weighted by Gasteiger charge is -2.32. The highest BCUT2D eigenvalue weighted by atomic mass is 32.1. The Morgan fingerprint density at radius 3 is 2.45 bits per heavy atom. The van der Waals surface area contributed by atoms with E-state index in [0.717, 1.165) is 43.2 Å². The lowest BCUT2D eigenvalue weighted by atomic mass is 10.0. The van der Waals surface area contributed by atoms with E-state index in [0.29, 0.717) is 18.2 Å². The van der Waals surface area contributed by atoms with Crippen molar-refractivity contribution in [1.29, 1.82) is 0 Å². The molecule has 22 heavy (non-hydrogen) atoms. The van der Waals surface area contributed by atoms with Gasteiger partial charge in [0.25, 0.3) is 0 Å². The van der Waals surface area contributed by atoms with Crippen LogP contribution >= 0.6 is 11.3 Å². The van der Waals surface area contributed by atoms with Crippen molar-refractivity contribution in [3.8, 4) is 0 Å². The third kappa shape index (κ3) is 3.56. The number of aromatic nitrogens is 2. The Morgan fingerprint density at radius 1 is 1.18 bits per heavy atom. The van der Waals surface area contributed by atoms with E-state index >= 15 is 0 Å². The fourth-order valence-electron chi connectivity index (χ4n) is 2.60. The van der Waals surface area contributed by atoms with Crippen LogP contribution in [0.5, 0.6) is 0 Å². The molecule has 0 bridgehead atoms. The lowest BCUT2D eigenvalue weighted by molar-refractivity contribution is 0.210. The first-order chi connectivity index (χ1) is 10.6. The number of halogens is 3. The SMILES string of the molecule is Fc1cc(CN2CCC(Nc3nncs3)CC2)cc(F)c1F. The molecule has 1 N–H and O–H groups in total. The molecule has 1 aromatic carbocycles. The molecule has 0 amide bonds. The van der Waals surface area contributed by atoms with Crippen molar-refractivity contribution in [2.75, 3.05) is 18.4 Å². The molecule has 8 heteroatoms. The van der Waals surface area contributed by atoms with Gasteiger partial charge < -0.3 is 5.32 Å². The molecule has 0 radical (unpaired) electrons. The molecule has 1 saturated heterocycles. The van der Waals surface area contributed by atoms with Gasteiger partial charge in [-0.2, -0.15) is 0 Å². The summed E-state index contributed by atoms with van der Waals surface area (Å²) >= 11 is 1.46. The lowest BCUT2D eigenvalue weighted by Crippen LogP contribution is -2.38. The summed E-state index contributed by atoms with van der Waals surface area (Å²) in [6.07, 6.45) is 1.82. The number of hydrogen-bond donors (Lipinski definition) is 1. The van der Waals surface area contributed by atoms with E-state index < -0.39 is 17.5 Å². The maximum absolute atomic E-state index is 13.2. The second-order valence-electron chi connectivity index (χ2n) is 5.31. The van der Waals surface area contributed by atoms with E-state index in [1.807, 2.05) is 0 Å². The van der Waals surface area contributed by atoms with Crippen LogP contribution in [0.15, 0.2) is 17.6 Å². The first kappa shape index (κ1) is 15.2. The Bertz CT molecular complexity index is 604. The zero-order valence-corrected chi connectivity index (χ0v) is 12.5. The molecule has 0 spiro atoms. The van der Waals surface area contributed by atoms with E-state index in [1.54, 1.807) is 5.51 Å². The van der Waals surface area contributed by atoms with Crippen LogP contribution in [0.4, 0.5) is 18.3 Å². The molecule has 1 aliphatic heterocycles. The fraction of sp³-hybridized carbons (Fsp3) is 0.429. The van der Waals surface area contributed by atoms with E-state index in [9.17, 15) is 13.2 Å². The molecule has 0 atom stereocenters. The van der Waals surface area contributed by atoms with Gasteiger partial charge in [0.05, 0.1) is 0 Å². The van der Waals surface area contributed by atoms with Crippen molar-refractivity contribution in [2.45, 2.75) is 25.4 Å². The number of rotatable bonds is 4. The maximum atomic E-state index is 13.2. The largest absolute Gasteiger partial charge is 0.357 e. The molecule has 0 unspecified atom stereocenters. The van der Waals surface area contributed by atoms with Gasteiger partial charge in [-0.1, -0.05) is 11.3 Å². The first-order valence-corrected chi connectivity index (χ1v) is 7.88. The average Bonchev–Trinajstić information content (AvgIpc) is 3.00. The van der Waals surface area contributed by atoms with Crippen molar-refractivity contribution < 1.29 is 13.2 Å². The van der Waals surface area contributed by atoms with Gasteiger partial charge >= 0.3 is 0 Å². The zero-order valence-electron chi connectivity index (χ0n) is 11.7. The Morgan fingerprint density at radius 2 is 1.86 bits per heavy atom. The van der Waals surface area contributed by atoms with Crippen molar-refractivity contribution in [3.63, 3.8) is 0 Å². The first-order valence-electron chi connectivity index (χ1n) is 7.00. The number of piperidine rings is 1. The normalized spacial score (nSPS) is 16.9. The van der Waals surface area contributed by atoms with Crippen molar-refractivity contribution in [3.05, 3.63) is 40.7 Å². The van der Waals surface area contributed by atoms with Crippen LogP contribution < -0.4 is 5.32 Å². The molecule has 4 nitrogen and oxygen atoms in total. The second kappa shape index (κ2) is 6.62. The third-order valence-corrected chi connectivity index (χ3v) is 4.35. The number of likely N-dealkylation sites (tertiary alicyclic amines) is 1. The Kier molecular flexibility index (Phi) is 4.58. The quantitative estimate of drug-likeness (QED) is 0.876. The summed E-state index contributed by atoms with van der Waals surface area (Å²) in [7, 11) is 0. The predicted molar refractivity (Wildman–Crippen MR) is 78.1 cm³/mol. The van der Waals surface area contributed by atoms with E-state index in [-0.39, 0.29) is 0 Å². The molecule has 2 heterocycles. The molecule has 1 aromatic heterocycles. The summed E-state index contributed by atoms with van der Waals surface area (Å²) in [6.45, 7) is 2.02. The summed E-state index contributed by atoms with van der Waals surface area (Å²) in [5.41, 5.74) is 2.13. The van der Waals surface area contributed by atoms with Crippen LogP contribution in [-0.4, -0.2) is 34.2 Å². The molecule has 1 aliphatic rings. The van der Waals surface area contributed by atoms with E-state index in [1.165, 1.54) is 11.3 Å². The topological polar surface area (TPSA) is 41.0 Å². The summed E-state index contributed by atoms with van der Waals surface area (Å²) in [6, 6.07) is 2.44. The number of nitrogens with zero attached hydrogens (tertiary/aromatic N) is 3. The van der Waals surface area contributed by atoms with Crippen LogP contribution in [0.3, 0.4) is 0 Å². The van der Waals surface area contributed by atoms with E-state index in [4.69, 9.17) is 0 Å². The molecule has 0 aliphatic carbocycles. The standard InChI is InChI=1S/C14H15F3N4S/c15-11-5-9(6-12(16)13(11)17)7-21-3-1-10(2-4-21)19-14-20-18-8-22-14/h5-6,8,10H,1-4,7H2,(H,19,20). The third-order valence-electron chi connectivity index (χ3n) is 3.72. The smallest absolute Gasteiger partial charge is 0.205 e. The zero-order chi connectivity index (χ0) is 15.5. The summed E-state index contributed by atoms with van der Waals surface area (Å²) in [4.78, 5) is 2.10. The van der Waals surface area contributed by atoms with Gasteiger partial charge in [0.2, 0.25) is 5.13 Å². The van der Waals surface area contributed by atoms with Crippen molar-refractivity contribution in [2.24, 2.45) is 0 Å². The Balaban J connectivity index is 1.53. The number of benzene rings is 1. The van der Waals surface area contributed by atoms with Gasteiger partial charge in [-0.05, 0) is 30.5 Å². The van der Waals surface area contributed by atoms with Crippen LogP contribution in [0.1, 0.15) is 18.4 Å². The molecule has 1 fully saturated rings. The van der Waals surface area contributed by atoms with Crippen LogP contribution in [0.2, 0.25) is 0 Å². The highest BCUT2D eigenvalue weighted by Crippen LogP contribution is 2.20. The van der Waals surface area contributed by atoms with Gasteiger partial charge in [-0.3, -0.25) is 4.90 Å².